The molecular weight excluding hydrogens is 244 g/mol. The van der Waals surface area contributed by atoms with Gasteiger partial charge in [0.2, 0.25) is 0 Å². The normalized spacial score (nSPS) is 14.3. The highest BCUT2D eigenvalue weighted by atomic mass is 16.4. The van der Waals surface area contributed by atoms with E-state index in [1.165, 1.54) is 6.08 Å². The topological polar surface area (TPSA) is 78.4 Å². The molecular formula is C14H16N2O3. The van der Waals surface area contributed by atoms with Crippen molar-refractivity contribution in [2.24, 2.45) is 0 Å². The molecule has 5 nitrogen and oxygen atoms in total. The smallest absolute Gasteiger partial charge is 0.328 e. The van der Waals surface area contributed by atoms with Crippen molar-refractivity contribution < 1.29 is 14.7 Å². The van der Waals surface area contributed by atoms with Gasteiger partial charge in [-0.05, 0) is 36.1 Å². The Kier molecular flexibility index (Phi) is 4.18. The van der Waals surface area contributed by atoms with Crippen molar-refractivity contribution in [1.82, 2.24) is 10.6 Å². The molecule has 0 bridgehead atoms. The van der Waals surface area contributed by atoms with Crippen LogP contribution in [0, 0.1) is 0 Å². The van der Waals surface area contributed by atoms with E-state index in [0.717, 1.165) is 30.0 Å². The quantitative estimate of drug-likeness (QED) is 0.706. The number of benzene rings is 1. The molecule has 0 aliphatic heterocycles. The minimum atomic E-state index is -0.979. The maximum absolute atomic E-state index is 11.5. The molecule has 0 saturated heterocycles. The Morgan fingerprint density at radius 3 is 2.84 bits per heavy atom. The van der Waals surface area contributed by atoms with Crippen LogP contribution in [-0.4, -0.2) is 23.1 Å². The molecule has 5 heteroatoms. The number of rotatable bonds is 5. The first-order chi connectivity index (χ1) is 9.13. The van der Waals surface area contributed by atoms with Gasteiger partial charge in [0, 0.05) is 18.7 Å². The molecule has 1 aromatic carbocycles. The van der Waals surface area contributed by atoms with Crippen molar-refractivity contribution in [3.8, 4) is 0 Å². The zero-order valence-corrected chi connectivity index (χ0v) is 10.4. The van der Waals surface area contributed by atoms with Crippen LogP contribution in [0.15, 0.2) is 30.3 Å². The Bertz CT molecular complexity index is 507. The fraction of sp³-hybridized carbons (Fsp3) is 0.286. The molecule has 1 aromatic rings. The van der Waals surface area contributed by atoms with E-state index in [1.54, 1.807) is 0 Å². The van der Waals surface area contributed by atoms with E-state index in [2.05, 4.69) is 10.6 Å². The number of aliphatic carboxylic acids is 1. The monoisotopic (exact) mass is 260 g/mol. The number of hydrogen-bond donors (Lipinski definition) is 3. The molecule has 1 fully saturated rings. The van der Waals surface area contributed by atoms with Gasteiger partial charge in [0.05, 0.1) is 0 Å². The van der Waals surface area contributed by atoms with Gasteiger partial charge in [0.15, 0.2) is 0 Å². The predicted molar refractivity (Wildman–Crippen MR) is 71.5 cm³/mol. The lowest BCUT2D eigenvalue weighted by molar-refractivity contribution is -0.131. The minimum Gasteiger partial charge on any atom is -0.478 e. The van der Waals surface area contributed by atoms with Crippen LogP contribution in [0.4, 0.5) is 4.79 Å². The fourth-order valence-electron chi connectivity index (χ4n) is 1.62. The van der Waals surface area contributed by atoms with Gasteiger partial charge in [0.25, 0.3) is 0 Å². The summed E-state index contributed by atoms with van der Waals surface area (Å²) in [5.41, 5.74) is 1.72. The summed E-state index contributed by atoms with van der Waals surface area (Å²) in [4.78, 5) is 21.9. The maximum Gasteiger partial charge on any atom is 0.328 e. The van der Waals surface area contributed by atoms with Crippen molar-refractivity contribution in [3.05, 3.63) is 41.5 Å². The number of carbonyl (C=O) groups excluding carboxylic acids is 1. The fourth-order valence-corrected chi connectivity index (χ4v) is 1.62. The van der Waals surface area contributed by atoms with Crippen molar-refractivity contribution >= 4 is 18.1 Å². The van der Waals surface area contributed by atoms with E-state index in [0.29, 0.717) is 12.6 Å². The van der Waals surface area contributed by atoms with Gasteiger partial charge in [-0.2, -0.15) is 0 Å². The maximum atomic E-state index is 11.5. The second-order valence-electron chi connectivity index (χ2n) is 4.52. The predicted octanol–water partition coefficient (Wildman–Crippen LogP) is 1.75. The minimum absolute atomic E-state index is 0.158. The lowest BCUT2D eigenvalue weighted by Gasteiger charge is -2.07. The third kappa shape index (κ3) is 4.83. The highest BCUT2D eigenvalue weighted by molar-refractivity contribution is 5.85. The molecule has 0 spiro atoms. The molecule has 1 saturated carbocycles. The van der Waals surface area contributed by atoms with Crippen LogP contribution in [0.25, 0.3) is 6.08 Å². The summed E-state index contributed by atoms with van der Waals surface area (Å²) >= 11 is 0. The number of carboxylic acid groups (broad SMARTS) is 1. The molecule has 2 amide bonds. The number of nitrogens with one attached hydrogen (secondary N) is 2. The molecule has 0 heterocycles. The Morgan fingerprint density at radius 1 is 1.37 bits per heavy atom. The molecule has 0 atom stereocenters. The van der Waals surface area contributed by atoms with E-state index in [4.69, 9.17) is 5.11 Å². The molecule has 3 N–H and O–H groups in total. The van der Waals surface area contributed by atoms with Crippen molar-refractivity contribution in [2.45, 2.75) is 25.4 Å². The third-order valence-electron chi connectivity index (χ3n) is 2.74. The van der Waals surface area contributed by atoms with Gasteiger partial charge >= 0.3 is 12.0 Å². The average molecular weight is 260 g/mol. The van der Waals surface area contributed by atoms with Gasteiger partial charge in [-0.1, -0.05) is 18.2 Å². The molecule has 0 aromatic heterocycles. The SMILES string of the molecule is O=C(O)C=Cc1cccc(CNC(=O)NC2CC2)c1. The number of hydrogen-bond acceptors (Lipinski definition) is 2. The zero-order chi connectivity index (χ0) is 13.7. The van der Waals surface area contributed by atoms with Crippen molar-refractivity contribution in [2.75, 3.05) is 0 Å². The summed E-state index contributed by atoms with van der Waals surface area (Å²) < 4.78 is 0. The first-order valence-electron chi connectivity index (χ1n) is 6.18. The van der Waals surface area contributed by atoms with Crippen LogP contribution >= 0.6 is 0 Å². The highest BCUT2D eigenvalue weighted by Crippen LogP contribution is 2.18. The molecule has 1 aliphatic rings. The van der Waals surface area contributed by atoms with Crippen LogP contribution in [0.5, 0.6) is 0 Å². The van der Waals surface area contributed by atoms with E-state index in [1.807, 2.05) is 24.3 Å². The van der Waals surface area contributed by atoms with Crippen LogP contribution < -0.4 is 10.6 Å². The summed E-state index contributed by atoms with van der Waals surface area (Å²) in [5.74, 6) is -0.979. The number of carbonyl (C=O) groups is 2. The number of urea groups is 1. The van der Waals surface area contributed by atoms with Gasteiger partial charge in [-0.25, -0.2) is 9.59 Å². The first-order valence-corrected chi connectivity index (χ1v) is 6.18. The van der Waals surface area contributed by atoms with E-state index < -0.39 is 5.97 Å². The number of amides is 2. The second kappa shape index (κ2) is 6.04. The molecule has 1 aliphatic carbocycles. The Labute approximate surface area is 111 Å². The van der Waals surface area contributed by atoms with Crippen molar-refractivity contribution in [3.63, 3.8) is 0 Å². The van der Waals surface area contributed by atoms with Crippen LogP contribution in [0.2, 0.25) is 0 Å². The zero-order valence-electron chi connectivity index (χ0n) is 10.4. The van der Waals surface area contributed by atoms with Crippen LogP contribution in [0.1, 0.15) is 24.0 Å². The highest BCUT2D eigenvalue weighted by Gasteiger charge is 2.22. The largest absolute Gasteiger partial charge is 0.478 e. The Hall–Kier alpha value is -2.30. The van der Waals surface area contributed by atoms with Gasteiger partial charge in [-0.15, -0.1) is 0 Å². The van der Waals surface area contributed by atoms with E-state index >= 15 is 0 Å². The van der Waals surface area contributed by atoms with Crippen LogP contribution in [0.3, 0.4) is 0 Å². The average Bonchev–Trinajstić information content (AvgIpc) is 3.18. The standard InChI is InChI=1S/C14H16N2O3/c17-13(18)7-4-10-2-1-3-11(8-10)9-15-14(19)16-12-5-6-12/h1-4,7-8,12H,5-6,9H2,(H,17,18)(H2,15,16,19). The molecule has 2 rings (SSSR count). The lowest BCUT2D eigenvalue weighted by atomic mass is 10.1. The van der Waals surface area contributed by atoms with Gasteiger partial charge < -0.3 is 15.7 Å². The first kappa shape index (κ1) is 13.1. The molecule has 19 heavy (non-hydrogen) atoms. The van der Waals surface area contributed by atoms with Crippen molar-refractivity contribution in [1.29, 1.82) is 0 Å². The Morgan fingerprint density at radius 2 is 2.16 bits per heavy atom. The summed E-state index contributed by atoms with van der Waals surface area (Å²) in [6.45, 7) is 0.424. The van der Waals surface area contributed by atoms with E-state index in [-0.39, 0.29) is 6.03 Å². The summed E-state index contributed by atoms with van der Waals surface area (Å²) in [6.07, 6.45) is 4.73. The number of carboxylic acids is 1. The molecule has 100 valence electrons. The Balaban J connectivity index is 1.87. The molecule has 0 unspecified atom stereocenters. The van der Waals surface area contributed by atoms with E-state index in [9.17, 15) is 9.59 Å². The van der Waals surface area contributed by atoms with Gasteiger partial charge in [-0.3, -0.25) is 0 Å². The third-order valence-corrected chi connectivity index (χ3v) is 2.74. The lowest BCUT2D eigenvalue weighted by Crippen LogP contribution is -2.36. The summed E-state index contributed by atoms with van der Waals surface area (Å²) in [6, 6.07) is 7.55. The second-order valence-corrected chi connectivity index (χ2v) is 4.52. The van der Waals surface area contributed by atoms with Crippen LogP contribution in [-0.2, 0) is 11.3 Å². The van der Waals surface area contributed by atoms with Gasteiger partial charge in [0.1, 0.15) is 0 Å². The summed E-state index contributed by atoms with van der Waals surface area (Å²) in [5, 5.41) is 14.2. The molecule has 0 radical (unpaired) electrons. The summed E-state index contributed by atoms with van der Waals surface area (Å²) in [7, 11) is 0.